The first-order chi connectivity index (χ1) is 10.5. The van der Waals surface area contributed by atoms with Crippen LogP contribution in [0, 0.1) is 0 Å². The molecule has 0 saturated heterocycles. The molecule has 0 amide bonds. The normalized spacial score (nSPS) is 11.0. The van der Waals surface area contributed by atoms with Crippen LogP contribution in [0.1, 0.15) is 6.92 Å². The van der Waals surface area contributed by atoms with Crippen molar-refractivity contribution in [2.45, 2.75) is 11.8 Å². The largest absolute Gasteiger partial charge is 0.495 e. The van der Waals surface area contributed by atoms with Crippen LogP contribution in [-0.4, -0.2) is 22.1 Å². The molecule has 2 aromatic carbocycles. The molecule has 22 heavy (non-hydrogen) atoms. The minimum atomic E-state index is -3.74. The van der Waals surface area contributed by atoms with E-state index in [1.165, 1.54) is 25.3 Å². The molecule has 5 nitrogen and oxygen atoms in total. The van der Waals surface area contributed by atoms with Gasteiger partial charge in [-0.2, -0.15) is 0 Å². The van der Waals surface area contributed by atoms with Gasteiger partial charge < -0.3 is 9.47 Å². The zero-order valence-electron chi connectivity index (χ0n) is 12.2. The Morgan fingerprint density at radius 3 is 2.59 bits per heavy atom. The van der Waals surface area contributed by atoms with Crippen LogP contribution in [0.15, 0.2) is 47.4 Å². The maximum absolute atomic E-state index is 12.4. The molecule has 7 heteroatoms. The maximum Gasteiger partial charge on any atom is 0.261 e. The molecule has 2 rings (SSSR count). The van der Waals surface area contributed by atoms with E-state index in [4.69, 9.17) is 21.1 Å². The Kier molecular flexibility index (Phi) is 5.15. The highest BCUT2D eigenvalue weighted by atomic mass is 35.5. The molecule has 0 heterocycles. The van der Waals surface area contributed by atoms with Crippen molar-refractivity contribution in [3.8, 4) is 11.5 Å². The third kappa shape index (κ3) is 3.84. The van der Waals surface area contributed by atoms with Crippen molar-refractivity contribution in [3.63, 3.8) is 0 Å². The molecule has 0 atom stereocenters. The molecule has 0 radical (unpaired) electrons. The summed E-state index contributed by atoms with van der Waals surface area (Å²) in [4.78, 5) is 0.0557. The van der Waals surface area contributed by atoms with Gasteiger partial charge in [-0.3, -0.25) is 4.72 Å². The number of halogens is 1. The highest BCUT2D eigenvalue weighted by Gasteiger charge is 2.16. The van der Waals surface area contributed by atoms with E-state index in [1.54, 1.807) is 24.3 Å². The Hall–Kier alpha value is -1.92. The summed E-state index contributed by atoms with van der Waals surface area (Å²) < 4.78 is 37.6. The van der Waals surface area contributed by atoms with Crippen LogP contribution >= 0.6 is 11.6 Å². The lowest BCUT2D eigenvalue weighted by molar-refractivity contribution is 0.340. The fourth-order valence-electron chi connectivity index (χ4n) is 1.84. The summed E-state index contributed by atoms with van der Waals surface area (Å²) in [6.45, 7) is 2.36. The van der Waals surface area contributed by atoms with Gasteiger partial charge in [0.1, 0.15) is 11.5 Å². The number of nitrogens with one attached hydrogen (secondary N) is 1. The van der Waals surface area contributed by atoms with Gasteiger partial charge in [0.25, 0.3) is 10.0 Å². The third-order valence-corrected chi connectivity index (χ3v) is 4.51. The number of sulfonamides is 1. The average Bonchev–Trinajstić information content (AvgIpc) is 2.47. The Labute approximate surface area is 134 Å². The molecule has 0 bridgehead atoms. The van der Waals surface area contributed by atoms with E-state index in [2.05, 4.69) is 4.72 Å². The predicted octanol–water partition coefficient (Wildman–Crippen LogP) is 3.55. The molecular weight excluding hydrogens is 326 g/mol. The summed E-state index contributed by atoms with van der Waals surface area (Å²) in [5, 5.41) is 0.230. The molecule has 0 aromatic heterocycles. The maximum atomic E-state index is 12.4. The number of ether oxygens (including phenoxy) is 2. The van der Waals surface area contributed by atoms with Gasteiger partial charge in [0.15, 0.2) is 0 Å². The highest BCUT2D eigenvalue weighted by Crippen LogP contribution is 2.28. The van der Waals surface area contributed by atoms with Gasteiger partial charge in [-0.15, -0.1) is 0 Å². The molecule has 2 aromatic rings. The Bertz CT molecular complexity index is 762. The molecule has 0 aliphatic heterocycles. The molecule has 118 valence electrons. The lowest BCUT2D eigenvalue weighted by atomic mass is 10.3. The molecule has 0 unspecified atom stereocenters. The van der Waals surface area contributed by atoms with Crippen LogP contribution in [-0.2, 0) is 10.0 Å². The van der Waals surface area contributed by atoms with Crippen LogP contribution in [0.25, 0.3) is 0 Å². The third-order valence-electron chi connectivity index (χ3n) is 2.83. The summed E-state index contributed by atoms with van der Waals surface area (Å²) in [6, 6.07) is 11.0. The van der Waals surface area contributed by atoms with Crippen molar-refractivity contribution in [2.24, 2.45) is 0 Å². The first-order valence-electron chi connectivity index (χ1n) is 6.55. The molecule has 0 aliphatic rings. The van der Waals surface area contributed by atoms with E-state index in [1.807, 2.05) is 6.92 Å². The molecular formula is C15H16ClNO4S. The van der Waals surface area contributed by atoms with E-state index in [-0.39, 0.29) is 9.92 Å². The molecule has 0 spiro atoms. The van der Waals surface area contributed by atoms with Gasteiger partial charge in [-0.05, 0) is 37.3 Å². The van der Waals surface area contributed by atoms with Gasteiger partial charge in [0, 0.05) is 6.07 Å². The van der Waals surface area contributed by atoms with Crippen molar-refractivity contribution in [3.05, 3.63) is 47.5 Å². The van der Waals surface area contributed by atoms with Gasteiger partial charge >= 0.3 is 0 Å². The van der Waals surface area contributed by atoms with Crippen LogP contribution in [0.5, 0.6) is 11.5 Å². The lowest BCUT2D eigenvalue weighted by Gasteiger charge is -2.11. The fourth-order valence-corrected chi connectivity index (χ4v) is 3.24. The van der Waals surface area contributed by atoms with Gasteiger partial charge in [0.05, 0.1) is 29.3 Å². The fraction of sp³-hybridized carbons (Fsp3) is 0.200. The van der Waals surface area contributed by atoms with Crippen molar-refractivity contribution in [2.75, 3.05) is 18.4 Å². The SMILES string of the molecule is CCOc1cccc(NS(=O)(=O)c2ccc(OC)c(Cl)c2)c1. The number of rotatable bonds is 6. The summed E-state index contributed by atoms with van der Waals surface area (Å²) >= 11 is 5.97. The zero-order chi connectivity index (χ0) is 16.2. The zero-order valence-corrected chi connectivity index (χ0v) is 13.7. The summed E-state index contributed by atoms with van der Waals surface area (Å²) in [5.41, 5.74) is 0.415. The van der Waals surface area contributed by atoms with Gasteiger partial charge in [0.2, 0.25) is 0 Å². The minimum absolute atomic E-state index is 0.0557. The Morgan fingerprint density at radius 1 is 1.18 bits per heavy atom. The predicted molar refractivity (Wildman–Crippen MR) is 86.4 cm³/mol. The number of hydrogen-bond donors (Lipinski definition) is 1. The Morgan fingerprint density at radius 2 is 1.95 bits per heavy atom. The van der Waals surface area contributed by atoms with E-state index < -0.39 is 10.0 Å². The second-order valence-corrected chi connectivity index (χ2v) is 6.45. The van der Waals surface area contributed by atoms with E-state index in [9.17, 15) is 8.42 Å². The quantitative estimate of drug-likeness (QED) is 0.872. The summed E-state index contributed by atoms with van der Waals surface area (Å²) in [7, 11) is -2.27. The van der Waals surface area contributed by atoms with Crippen molar-refractivity contribution in [1.29, 1.82) is 0 Å². The van der Waals surface area contributed by atoms with Crippen molar-refractivity contribution in [1.82, 2.24) is 0 Å². The lowest BCUT2D eigenvalue weighted by Crippen LogP contribution is -2.13. The smallest absolute Gasteiger partial charge is 0.261 e. The van der Waals surface area contributed by atoms with Gasteiger partial charge in [-0.25, -0.2) is 8.42 Å². The van der Waals surface area contributed by atoms with Crippen molar-refractivity contribution < 1.29 is 17.9 Å². The summed E-state index contributed by atoms with van der Waals surface area (Å²) in [5.74, 6) is 1.01. The topological polar surface area (TPSA) is 64.6 Å². The van der Waals surface area contributed by atoms with Gasteiger partial charge in [-0.1, -0.05) is 17.7 Å². The number of anilines is 1. The second kappa shape index (κ2) is 6.89. The molecule has 1 N–H and O–H groups in total. The number of hydrogen-bond acceptors (Lipinski definition) is 4. The average molecular weight is 342 g/mol. The molecule has 0 saturated carbocycles. The van der Waals surface area contributed by atoms with Crippen LogP contribution in [0.4, 0.5) is 5.69 Å². The monoisotopic (exact) mass is 341 g/mol. The summed E-state index contributed by atoms with van der Waals surface area (Å²) in [6.07, 6.45) is 0. The van der Waals surface area contributed by atoms with Crippen molar-refractivity contribution >= 4 is 27.3 Å². The first-order valence-corrected chi connectivity index (χ1v) is 8.41. The second-order valence-electron chi connectivity index (χ2n) is 4.36. The minimum Gasteiger partial charge on any atom is -0.495 e. The first kappa shape index (κ1) is 16.5. The van der Waals surface area contributed by atoms with Crippen LogP contribution in [0.3, 0.4) is 0 Å². The van der Waals surface area contributed by atoms with Crippen LogP contribution in [0.2, 0.25) is 5.02 Å². The van der Waals surface area contributed by atoms with E-state index in [0.717, 1.165) is 0 Å². The van der Waals surface area contributed by atoms with E-state index in [0.29, 0.717) is 23.8 Å². The number of methoxy groups -OCH3 is 1. The highest BCUT2D eigenvalue weighted by molar-refractivity contribution is 7.92. The van der Waals surface area contributed by atoms with Crippen LogP contribution < -0.4 is 14.2 Å². The molecule has 0 fully saturated rings. The standard InChI is InChI=1S/C15H16ClNO4S/c1-3-21-12-6-4-5-11(9-12)17-22(18,19)13-7-8-15(20-2)14(16)10-13/h4-10,17H,3H2,1-2H3. The number of benzene rings is 2. The molecule has 0 aliphatic carbocycles. The Balaban J connectivity index is 2.27. The van der Waals surface area contributed by atoms with E-state index >= 15 is 0 Å².